The van der Waals surface area contributed by atoms with Crippen LogP contribution < -0.4 is 0 Å². The number of benzene rings is 2. The van der Waals surface area contributed by atoms with Crippen molar-refractivity contribution in [1.29, 1.82) is 0 Å². The molecular formula is C20H22N2O2S. The molecule has 0 saturated carbocycles. The Morgan fingerprint density at radius 1 is 0.840 bits per heavy atom. The molecule has 0 atom stereocenters. The molecule has 2 heterocycles. The summed E-state index contributed by atoms with van der Waals surface area (Å²) in [5, 5.41) is 0.468. The zero-order valence-electron chi connectivity index (χ0n) is 14.1. The Morgan fingerprint density at radius 2 is 1.60 bits per heavy atom. The van der Waals surface area contributed by atoms with Gasteiger partial charge in [-0.15, -0.1) is 0 Å². The van der Waals surface area contributed by atoms with Gasteiger partial charge in [-0.25, -0.2) is 8.42 Å². The molecule has 0 spiro atoms. The van der Waals surface area contributed by atoms with E-state index in [1.54, 1.807) is 12.1 Å². The molecule has 1 saturated heterocycles. The van der Waals surface area contributed by atoms with Crippen LogP contribution in [0.5, 0.6) is 0 Å². The van der Waals surface area contributed by atoms with E-state index in [-0.39, 0.29) is 0 Å². The first-order chi connectivity index (χ1) is 12.1. The van der Waals surface area contributed by atoms with Crippen molar-refractivity contribution >= 4 is 15.9 Å². The van der Waals surface area contributed by atoms with E-state index in [0.29, 0.717) is 9.92 Å². The lowest BCUT2D eigenvalue weighted by molar-refractivity contribution is 0.273. The molecule has 2 aromatic rings. The molecule has 0 aromatic heterocycles. The van der Waals surface area contributed by atoms with Crippen LogP contribution in [0.3, 0.4) is 0 Å². The summed E-state index contributed by atoms with van der Waals surface area (Å²) in [6.45, 7) is 4.31. The van der Waals surface area contributed by atoms with Gasteiger partial charge >= 0.3 is 0 Å². The summed E-state index contributed by atoms with van der Waals surface area (Å²) in [5.41, 5.74) is 2.11. The van der Waals surface area contributed by atoms with E-state index in [4.69, 9.17) is 0 Å². The first kappa shape index (κ1) is 16.4. The van der Waals surface area contributed by atoms with Crippen LogP contribution in [0.1, 0.15) is 17.5 Å². The minimum absolute atomic E-state index is 0.440. The summed E-state index contributed by atoms with van der Waals surface area (Å²) >= 11 is 0. The van der Waals surface area contributed by atoms with Crippen LogP contribution in [0.2, 0.25) is 0 Å². The van der Waals surface area contributed by atoms with Crippen molar-refractivity contribution in [2.24, 2.45) is 0 Å². The van der Waals surface area contributed by atoms with Crippen LogP contribution in [0.25, 0.3) is 6.08 Å². The summed E-state index contributed by atoms with van der Waals surface area (Å²) in [5.74, 6) is 0. The molecule has 2 aliphatic heterocycles. The lowest BCUT2D eigenvalue weighted by Gasteiger charge is -2.24. The Labute approximate surface area is 149 Å². The van der Waals surface area contributed by atoms with Gasteiger partial charge in [0.1, 0.15) is 5.03 Å². The van der Waals surface area contributed by atoms with E-state index in [9.17, 15) is 8.42 Å². The highest BCUT2D eigenvalue weighted by Gasteiger charge is 2.33. The largest absolute Gasteiger partial charge is 0.361 e. The van der Waals surface area contributed by atoms with Gasteiger partial charge in [-0.2, -0.15) is 0 Å². The van der Waals surface area contributed by atoms with E-state index in [2.05, 4.69) is 29.2 Å². The van der Waals surface area contributed by atoms with Gasteiger partial charge in [-0.1, -0.05) is 48.5 Å². The van der Waals surface area contributed by atoms with Crippen molar-refractivity contribution in [3.8, 4) is 0 Å². The van der Waals surface area contributed by atoms with Gasteiger partial charge < -0.3 is 4.90 Å². The minimum Gasteiger partial charge on any atom is -0.361 e. The highest BCUT2D eigenvalue weighted by Crippen LogP contribution is 2.34. The molecule has 4 rings (SSSR count). The van der Waals surface area contributed by atoms with Gasteiger partial charge in [0, 0.05) is 32.7 Å². The molecule has 0 N–H and O–H groups in total. The molecule has 0 bridgehead atoms. The fourth-order valence-corrected chi connectivity index (χ4v) is 5.34. The van der Waals surface area contributed by atoms with Crippen molar-refractivity contribution in [3.05, 3.63) is 70.8 Å². The molecule has 25 heavy (non-hydrogen) atoms. The average Bonchev–Trinajstić information content (AvgIpc) is 2.76. The molecule has 0 radical (unpaired) electrons. The maximum absolute atomic E-state index is 12.8. The number of sulfone groups is 1. The zero-order valence-corrected chi connectivity index (χ0v) is 15.0. The first-order valence-corrected chi connectivity index (χ1v) is 10.2. The Bertz CT molecular complexity index is 891. The number of hydrogen-bond donors (Lipinski definition) is 0. The van der Waals surface area contributed by atoms with Crippen LogP contribution in [-0.2, 0) is 16.4 Å². The Kier molecular flexibility index (Phi) is 4.36. The quantitative estimate of drug-likeness (QED) is 0.850. The third-order valence-electron chi connectivity index (χ3n) is 4.91. The zero-order chi connectivity index (χ0) is 17.3. The summed E-state index contributed by atoms with van der Waals surface area (Å²) < 4.78 is 25.7. The summed E-state index contributed by atoms with van der Waals surface area (Å²) in [7, 11) is -3.37. The smallest absolute Gasteiger partial charge is 0.222 e. The van der Waals surface area contributed by atoms with Crippen molar-refractivity contribution < 1.29 is 8.42 Å². The average molecular weight is 354 g/mol. The van der Waals surface area contributed by atoms with Gasteiger partial charge in [0.15, 0.2) is 0 Å². The lowest BCUT2D eigenvalue weighted by atomic mass is 10.2. The van der Waals surface area contributed by atoms with E-state index >= 15 is 0 Å². The van der Waals surface area contributed by atoms with Crippen molar-refractivity contribution in [2.45, 2.75) is 17.9 Å². The molecule has 130 valence electrons. The summed E-state index contributed by atoms with van der Waals surface area (Å²) in [6.07, 6.45) is 2.80. The van der Waals surface area contributed by atoms with Crippen molar-refractivity contribution in [3.63, 3.8) is 0 Å². The van der Waals surface area contributed by atoms with Crippen molar-refractivity contribution in [2.75, 3.05) is 26.2 Å². The molecule has 0 unspecified atom stereocenters. The topological polar surface area (TPSA) is 40.6 Å². The second-order valence-corrected chi connectivity index (χ2v) is 8.49. The predicted molar refractivity (Wildman–Crippen MR) is 99.5 cm³/mol. The molecule has 5 heteroatoms. The van der Waals surface area contributed by atoms with Crippen LogP contribution in [0, 0.1) is 0 Å². The standard InChI is InChI=1S/C20H22N2O2S/c23-25(24)19-10-5-4-9-18(19)15-20(25)22-12-6-11-21(13-14-22)16-17-7-2-1-3-8-17/h1-5,7-10,15H,6,11-14,16H2. The summed E-state index contributed by atoms with van der Waals surface area (Å²) in [4.78, 5) is 4.89. The maximum Gasteiger partial charge on any atom is 0.222 e. The third-order valence-corrected chi connectivity index (χ3v) is 6.79. The minimum atomic E-state index is -3.37. The fraction of sp³-hybridized carbons (Fsp3) is 0.300. The molecule has 2 aliphatic rings. The molecule has 2 aromatic carbocycles. The van der Waals surface area contributed by atoms with Gasteiger partial charge in [0.05, 0.1) is 4.90 Å². The monoisotopic (exact) mass is 354 g/mol. The SMILES string of the molecule is O=S1(=O)C(N2CCCN(Cc3ccccc3)CC2)=Cc2ccccc21. The molecule has 4 nitrogen and oxygen atoms in total. The van der Waals surface area contributed by atoms with Crippen LogP contribution in [0.15, 0.2) is 64.5 Å². The number of nitrogens with zero attached hydrogens (tertiary/aromatic N) is 2. The Hall–Kier alpha value is -2.11. The number of rotatable bonds is 3. The number of hydrogen-bond acceptors (Lipinski definition) is 4. The molecular weight excluding hydrogens is 332 g/mol. The second-order valence-electron chi connectivity index (χ2n) is 6.63. The Morgan fingerprint density at radius 3 is 2.40 bits per heavy atom. The maximum atomic E-state index is 12.8. The fourth-order valence-electron chi connectivity index (χ4n) is 3.62. The first-order valence-electron chi connectivity index (χ1n) is 8.72. The van der Waals surface area contributed by atoms with E-state index in [0.717, 1.165) is 44.7 Å². The molecule has 0 aliphatic carbocycles. The van der Waals surface area contributed by atoms with E-state index in [1.165, 1.54) is 5.56 Å². The van der Waals surface area contributed by atoms with Gasteiger partial charge in [0.2, 0.25) is 9.84 Å². The molecule has 1 fully saturated rings. The second kappa shape index (κ2) is 6.65. The van der Waals surface area contributed by atoms with Crippen LogP contribution in [-0.4, -0.2) is 44.4 Å². The van der Waals surface area contributed by atoms with Gasteiger partial charge in [-0.05, 0) is 29.7 Å². The highest BCUT2D eigenvalue weighted by atomic mass is 32.2. The lowest BCUT2D eigenvalue weighted by Crippen LogP contribution is -2.31. The van der Waals surface area contributed by atoms with Gasteiger partial charge in [0.25, 0.3) is 0 Å². The number of fused-ring (bicyclic) bond motifs is 1. The van der Waals surface area contributed by atoms with Crippen LogP contribution >= 0.6 is 0 Å². The van der Waals surface area contributed by atoms with Gasteiger partial charge in [-0.3, -0.25) is 4.90 Å². The summed E-state index contributed by atoms with van der Waals surface area (Å²) in [6, 6.07) is 17.7. The third kappa shape index (κ3) is 3.22. The van der Waals surface area contributed by atoms with Crippen LogP contribution in [0.4, 0.5) is 0 Å². The normalized spacial score (nSPS) is 20.0. The van der Waals surface area contributed by atoms with Crippen molar-refractivity contribution in [1.82, 2.24) is 9.80 Å². The Balaban J connectivity index is 1.49. The predicted octanol–water partition coefficient (Wildman–Crippen LogP) is 2.98. The van der Waals surface area contributed by atoms with E-state index in [1.807, 2.05) is 29.2 Å². The highest BCUT2D eigenvalue weighted by molar-refractivity contribution is 7.95. The van der Waals surface area contributed by atoms with E-state index < -0.39 is 9.84 Å². The molecule has 0 amide bonds.